The number of halogens is 1. The standard InChI is InChI=1S/C19H26ClN3O/c1-13-19(12-22-10-8-16(9-11-22)15(3)24)14(2)23(21-13)18-6-4-17(20)5-7-18/h4-7,15-16,24H,8-12H2,1-3H3. The Morgan fingerprint density at radius 1 is 1.21 bits per heavy atom. The molecule has 1 aliphatic rings. The second-order valence-electron chi connectivity index (χ2n) is 6.89. The van der Waals surface area contributed by atoms with E-state index in [0.29, 0.717) is 5.92 Å². The summed E-state index contributed by atoms with van der Waals surface area (Å²) in [6.45, 7) is 9.13. The molecule has 1 fully saturated rings. The maximum atomic E-state index is 9.75. The van der Waals surface area contributed by atoms with Crippen LogP contribution in [0, 0.1) is 19.8 Å². The van der Waals surface area contributed by atoms with E-state index in [0.717, 1.165) is 48.9 Å². The SMILES string of the molecule is Cc1nn(-c2ccc(Cl)cc2)c(C)c1CN1CCC(C(C)O)CC1. The van der Waals surface area contributed by atoms with Gasteiger partial charge in [-0.1, -0.05) is 11.6 Å². The molecule has 0 radical (unpaired) electrons. The minimum absolute atomic E-state index is 0.191. The Hall–Kier alpha value is -1.36. The molecule has 3 rings (SSSR count). The van der Waals surface area contributed by atoms with Crippen LogP contribution in [0.2, 0.25) is 5.02 Å². The van der Waals surface area contributed by atoms with Crippen LogP contribution in [0.25, 0.3) is 5.69 Å². The lowest BCUT2D eigenvalue weighted by Gasteiger charge is -2.33. The Kier molecular flexibility index (Phi) is 5.28. The molecule has 0 amide bonds. The number of nitrogens with zero attached hydrogens (tertiary/aromatic N) is 3. The summed E-state index contributed by atoms with van der Waals surface area (Å²) >= 11 is 5.98. The zero-order chi connectivity index (χ0) is 17.3. The minimum Gasteiger partial charge on any atom is -0.393 e. The van der Waals surface area contributed by atoms with Gasteiger partial charge in [0.15, 0.2) is 0 Å². The lowest BCUT2D eigenvalue weighted by Crippen LogP contribution is -2.36. The van der Waals surface area contributed by atoms with Crippen LogP contribution < -0.4 is 0 Å². The Balaban J connectivity index is 1.74. The molecule has 1 N–H and O–H groups in total. The molecule has 0 saturated carbocycles. The molecule has 5 heteroatoms. The fourth-order valence-electron chi connectivity index (χ4n) is 3.55. The Morgan fingerprint density at radius 3 is 2.42 bits per heavy atom. The molecule has 1 aromatic heterocycles. The minimum atomic E-state index is -0.191. The molecule has 24 heavy (non-hydrogen) atoms. The smallest absolute Gasteiger partial charge is 0.0649 e. The summed E-state index contributed by atoms with van der Waals surface area (Å²) in [6.07, 6.45) is 1.95. The molecule has 0 aliphatic carbocycles. The quantitative estimate of drug-likeness (QED) is 0.916. The van der Waals surface area contributed by atoms with E-state index >= 15 is 0 Å². The highest BCUT2D eigenvalue weighted by atomic mass is 35.5. The zero-order valence-corrected chi connectivity index (χ0v) is 15.4. The van der Waals surface area contributed by atoms with Crippen molar-refractivity contribution in [2.24, 2.45) is 5.92 Å². The van der Waals surface area contributed by atoms with Gasteiger partial charge in [-0.25, -0.2) is 4.68 Å². The number of aliphatic hydroxyl groups excluding tert-OH is 1. The summed E-state index contributed by atoms with van der Waals surface area (Å²) in [6, 6.07) is 7.79. The van der Waals surface area contributed by atoms with E-state index in [4.69, 9.17) is 16.7 Å². The van der Waals surface area contributed by atoms with Gasteiger partial charge in [0.2, 0.25) is 0 Å². The van der Waals surface area contributed by atoms with Gasteiger partial charge in [-0.05, 0) is 76.9 Å². The number of rotatable bonds is 4. The first kappa shape index (κ1) is 17.5. The number of hydrogen-bond acceptors (Lipinski definition) is 3. The van der Waals surface area contributed by atoms with Crippen LogP contribution in [-0.4, -0.2) is 39.0 Å². The number of aromatic nitrogens is 2. The normalized spacial score (nSPS) is 18.0. The number of piperidine rings is 1. The monoisotopic (exact) mass is 347 g/mol. The van der Waals surface area contributed by atoms with Crippen molar-refractivity contribution in [3.8, 4) is 5.69 Å². The van der Waals surface area contributed by atoms with Crippen molar-refractivity contribution in [1.29, 1.82) is 0 Å². The van der Waals surface area contributed by atoms with E-state index in [1.165, 1.54) is 11.3 Å². The molecule has 1 atom stereocenters. The largest absolute Gasteiger partial charge is 0.393 e. The van der Waals surface area contributed by atoms with Gasteiger partial charge in [0.25, 0.3) is 0 Å². The Morgan fingerprint density at radius 2 is 1.83 bits per heavy atom. The Bertz CT molecular complexity index is 685. The predicted molar refractivity (Wildman–Crippen MR) is 97.7 cm³/mol. The van der Waals surface area contributed by atoms with E-state index in [-0.39, 0.29) is 6.10 Å². The van der Waals surface area contributed by atoms with Gasteiger partial charge < -0.3 is 5.11 Å². The van der Waals surface area contributed by atoms with Crippen LogP contribution in [0.5, 0.6) is 0 Å². The van der Waals surface area contributed by atoms with E-state index < -0.39 is 0 Å². The summed E-state index contributed by atoms with van der Waals surface area (Å²) in [4.78, 5) is 2.47. The third kappa shape index (κ3) is 3.66. The van der Waals surface area contributed by atoms with Crippen LogP contribution >= 0.6 is 11.6 Å². The highest BCUT2D eigenvalue weighted by Crippen LogP contribution is 2.25. The first-order chi connectivity index (χ1) is 11.5. The zero-order valence-electron chi connectivity index (χ0n) is 14.7. The van der Waals surface area contributed by atoms with Gasteiger partial charge in [-0.3, -0.25) is 4.90 Å². The van der Waals surface area contributed by atoms with Crippen molar-refractivity contribution in [2.75, 3.05) is 13.1 Å². The molecular formula is C19H26ClN3O. The van der Waals surface area contributed by atoms with Gasteiger partial charge in [-0.15, -0.1) is 0 Å². The molecule has 1 aliphatic heterocycles. The number of likely N-dealkylation sites (tertiary alicyclic amines) is 1. The lowest BCUT2D eigenvalue weighted by molar-refractivity contribution is 0.0694. The van der Waals surface area contributed by atoms with Crippen molar-refractivity contribution < 1.29 is 5.11 Å². The molecule has 2 heterocycles. The predicted octanol–water partition coefficient (Wildman–Crippen LogP) is 3.74. The molecule has 1 aromatic carbocycles. The van der Waals surface area contributed by atoms with Crippen molar-refractivity contribution >= 4 is 11.6 Å². The average Bonchev–Trinajstić information content (AvgIpc) is 2.84. The summed E-state index contributed by atoms with van der Waals surface area (Å²) < 4.78 is 2.00. The molecule has 130 valence electrons. The fourth-order valence-corrected chi connectivity index (χ4v) is 3.68. The van der Waals surface area contributed by atoms with Crippen molar-refractivity contribution in [3.05, 3.63) is 46.2 Å². The van der Waals surface area contributed by atoms with Gasteiger partial charge >= 0.3 is 0 Å². The highest BCUT2D eigenvalue weighted by molar-refractivity contribution is 6.30. The Labute approximate surface area is 149 Å². The average molecular weight is 348 g/mol. The molecular weight excluding hydrogens is 322 g/mol. The molecule has 2 aromatic rings. The maximum Gasteiger partial charge on any atom is 0.0649 e. The van der Waals surface area contributed by atoms with Crippen LogP contribution in [0.1, 0.15) is 36.7 Å². The third-order valence-corrected chi connectivity index (χ3v) is 5.46. The van der Waals surface area contributed by atoms with Gasteiger partial charge in [-0.2, -0.15) is 5.10 Å². The number of aliphatic hydroxyl groups is 1. The van der Waals surface area contributed by atoms with E-state index in [2.05, 4.69) is 18.7 Å². The van der Waals surface area contributed by atoms with E-state index in [9.17, 15) is 5.11 Å². The van der Waals surface area contributed by atoms with Gasteiger partial charge in [0.1, 0.15) is 0 Å². The van der Waals surface area contributed by atoms with Crippen LogP contribution in [0.4, 0.5) is 0 Å². The summed E-state index contributed by atoms with van der Waals surface area (Å²) in [5.74, 6) is 0.445. The summed E-state index contributed by atoms with van der Waals surface area (Å²) in [5.41, 5.74) is 4.62. The number of benzene rings is 1. The molecule has 1 unspecified atom stereocenters. The molecule has 0 spiro atoms. The van der Waals surface area contributed by atoms with Crippen LogP contribution in [-0.2, 0) is 6.54 Å². The molecule has 1 saturated heterocycles. The summed E-state index contributed by atoms with van der Waals surface area (Å²) in [7, 11) is 0. The van der Waals surface area contributed by atoms with Gasteiger partial charge in [0.05, 0.1) is 17.5 Å². The second kappa shape index (κ2) is 7.26. The maximum absolute atomic E-state index is 9.75. The first-order valence-corrected chi connectivity index (χ1v) is 9.05. The van der Waals surface area contributed by atoms with Crippen LogP contribution in [0.15, 0.2) is 24.3 Å². The third-order valence-electron chi connectivity index (χ3n) is 5.21. The molecule has 4 nitrogen and oxygen atoms in total. The second-order valence-corrected chi connectivity index (χ2v) is 7.33. The highest BCUT2D eigenvalue weighted by Gasteiger charge is 2.24. The van der Waals surface area contributed by atoms with Crippen molar-refractivity contribution in [1.82, 2.24) is 14.7 Å². The topological polar surface area (TPSA) is 41.3 Å². The summed E-state index contributed by atoms with van der Waals surface area (Å²) in [5, 5.41) is 15.2. The van der Waals surface area contributed by atoms with Gasteiger partial charge in [0, 0.05) is 22.8 Å². The van der Waals surface area contributed by atoms with Crippen molar-refractivity contribution in [3.63, 3.8) is 0 Å². The number of aryl methyl sites for hydroxylation is 1. The van der Waals surface area contributed by atoms with E-state index in [1.807, 2.05) is 35.9 Å². The van der Waals surface area contributed by atoms with Crippen LogP contribution in [0.3, 0.4) is 0 Å². The molecule has 0 bridgehead atoms. The lowest BCUT2D eigenvalue weighted by atomic mass is 9.92. The number of hydrogen-bond donors (Lipinski definition) is 1. The first-order valence-electron chi connectivity index (χ1n) is 8.67. The van der Waals surface area contributed by atoms with E-state index in [1.54, 1.807) is 0 Å². The van der Waals surface area contributed by atoms with Crippen molar-refractivity contribution in [2.45, 2.75) is 46.3 Å². The fraction of sp³-hybridized carbons (Fsp3) is 0.526.